The molecule has 0 N–H and O–H groups in total. The summed E-state index contributed by atoms with van der Waals surface area (Å²) < 4.78 is 10.8. The van der Waals surface area contributed by atoms with Crippen molar-refractivity contribution in [1.82, 2.24) is 4.98 Å². The van der Waals surface area contributed by atoms with Crippen molar-refractivity contribution in [3.63, 3.8) is 0 Å². The normalized spacial score (nSPS) is 20.5. The Labute approximate surface area is 98.3 Å². The molecule has 2 rings (SSSR count). The summed E-state index contributed by atoms with van der Waals surface area (Å²) in [6, 6.07) is 1.77. The van der Waals surface area contributed by atoms with Crippen molar-refractivity contribution in [3.8, 4) is 5.88 Å². The summed E-state index contributed by atoms with van der Waals surface area (Å²) in [5.41, 5.74) is 0.886. The fourth-order valence-electron chi connectivity index (χ4n) is 1.39. The van der Waals surface area contributed by atoms with Crippen molar-refractivity contribution in [1.29, 1.82) is 0 Å². The van der Waals surface area contributed by atoms with Crippen LogP contribution < -0.4 is 4.74 Å². The highest BCUT2D eigenvalue weighted by molar-refractivity contribution is 6.32. The van der Waals surface area contributed by atoms with Crippen molar-refractivity contribution >= 4 is 23.2 Å². The maximum atomic E-state index is 6.00. The standard InChI is InChI=1S/C10H11Cl2NO2/c11-4-7-3-9(12)10(13-5-7)15-8-1-2-14-6-8/h3,5,8H,1-2,4,6H2. The van der Waals surface area contributed by atoms with E-state index in [2.05, 4.69) is 4.98 Å². The molecule has 0 radical (unpaired) electrons. The van der Waals surface area contributed by atoms with Crippen molar-refractivity contribution in [2.45, 2.75) is 18.4 Å². The largest absolute Gasteiger partial charge is 0.471 e. The molecule has 5 heteroatoms. The van der Waals surface area contributed by atoms with Gasteiger partial charge in [0, 0.05) is 18.5 Å². The van der Waals surface area contributed by atoms with Crippen LogP contribution in [0.2, 0.25) is 5.02 Å². The molecule has 1 aliphatic heterocycles. The molecule has 0 aromatic carbocycles. The fraction of sp³-hybridized carbons (Fsp3) is 0.500. The predicted molar refractivity (Wildman–Crippen MR) is 58.7 cm³/mol. The van der Waals surface area contributed by atoms with Gasteiger partial charge in [-0.05, 0) is 11.6 Å². The molecule has 1 aliphatic rings. The summed E-state index contributed by atoms with van der Waals surface area (Å²) in [4.78, 5) is 4.12. The molecule has 1 aromatic heterocycles. The summed E-state index contributed by atoms with van der Waals surface area (Å²) in [7, 11) is 0. The number of aromatic nitrogens is 1. The van der Waals surface area contributed by atoms with Crippen LogP contribution in [0.3, 0.4) is 0 Å². The highest BCUT2D eigenvalue weighted by Gasteiger charge is 2.19. The second kappa shape index (κ2) is 5.01. The summed E-state index contributed by atoms with van der Waals surface area (Å²) in [5, 5.41) is 0.500. The van der Waals surface area contributed by atoms with Gasteiger partial charge in [0.15, 0.2) is 0 Å². The minimum absolute atomic E-state index is 0.0665. The van der Waals surface area contributed by atoms with Gasteiger partial charge in [-0.2, -0.15) is 0 Å². The van der Waals surface area contributed by atoms with E-state index < -0.39 is 0 Å². The molecule has 0 aliphatic carbocycles. The first-order valence-corrected chi connectivity index (χ1v) is 5.65. The molecule has 2 heterocycles. The molecule has 1 saturated heterocycles. The molecular weight excluding hydrogens is 237 g/mol. The molecule has 1 unspecified atom stereocenters. The quantitative estimate of drug-likeness (QED) is 0.770. The molecule has 0 saturated carbocycles. The SMILES string of the molecule is ClCc1cnc(OC2CCOC2)c(Cl)c1. The number of alkyl halides is 1. The summed E-state index contributed by atoms with van der Waals surface area (Å²) in [5.74, 6) is 0.862. The van der Waals surface area contributed by atoms with E-state index in [-0.39, 0.29) is 6.10 Å². The Bertz CT molecular complexity index is 340. The van der Waals surface area contributed by atoms with Crippen LogP contribution >= 0.6 is 23.2 Å². The first-order valence-electron chi connectivity index (χ1n) is 4.74. The Hall–Kier alpha value is -0.510. The van der Waals surface area contributed by atoms with E-state index in [1.165, 1.54) is 0 Å². The first-order chi connectivity index (χ1) is 7.29. The molecular formula is C10H11Cl2NO2. The maximum absolute atomic E-state index is 6.00. The van der Waals surface area contributed by atoms with Crippen LogP contribution in [-0.4, -0.2) is 24.3 Å². The maximum Gasteiger partial charge on any atom is 0.232 e. The van der Waals surface area contributed by atoms with Crippen LogP contribution in [0.5, 0.6) is 5.88 Å². The van der Waals surface area contributed by atoms with Gasteiger partial charge < -0.3 is 9.47 Å². The molecule has 0 spiro atoms. The zero-order valence-corrected chi connectivity index (χ0v) is 9.59. The average molecular weight is 248 g/mol. The Balaban J connectivity index is 2.07. The molecule has 0 bridgehead atoms. The van der Waals surface area contributed by atoms with Gasteiger partial charge in [0.2, 0.25) is 5.88 Å². The number of rotatable bonds is 3. The summed E-state index contributed by atoms with van der Waals surface area (Å²) in [6.45, 7) is 1.34. The van der Waals surface area contributed by atoms with Gasteiger partial charge in [-0.15, -0.1) is 11.6 Å². The van der Waals surface area contributed by atoms with Crippen molar-refractivity contribution in [2.75, 3.05) is 13.2 Å². The molecule has 15 heavy (non-hydrogen) atoms. The van der Waals surface area contributed by atoms with Crippen LogP contribution in [-0.2, 0) is 10.6 Å². The second-order valence-electron chi connectivity index (χ2n) is 3.37. The molecule has 3 nitrogen and oxygen atoms in total. The average Bonchev–Trinajstić information content (AvgIpc) is 2.74. The molecule has 1 fully saturated rings. The Morgan fingerprint density at radius 3 is 3.07 bits per heavy atom. The van der Waals surface area contributed by atoms with E-state index in [0.717, 1.165) is 18.6 Å². The molecule has 1 aromatic rings. The third-order valence-electron chi connectivity index (χ3n) is 2.18. The first kappa shape index (κ1) is 11.0. The third-order valence-corrected chi connectivity index (χ3v) is 2.76. The lowest BCUT2D eigenvalue weighted by Crippen LogP contribution is -2.16. The predicted octanol–water partition coefficient (Wildman–Crippen LogP) is 2.64. The van der Waals surface area contributed by atoms with Gasteiger partial charge in [-0.3, -0.25) is 0 Å². The summed E-state index contributed by atoms with van der Waals surface area (Å²) >= 11 is 11.7. The van der Waals surface area contributed by atoms with Gasteiger partial charge in [-0.25, -0.2) is 4.98 Å². The molecule has 0 amide bonds. The van der Waals surface area contributed by atoms with E-state index in [0.29, 0.717) is 23.4 Å². The van der Waals surface area contributed by atoms with Crippen molar-refractivity contribution in [3.05, 3.63) is 22.8 Å². The van der Waals surface area contributed by atoms with Gasteiger partial charge >= 0.3 is 0 Å². The number of nitrogens with zero attached hydrogens (tertiary/aromatic N) is 1. The Morgan fingerprint density at radius 2 is 2.47 bits per heavy atom. The van der Waals surface area contributed by atoms with Crippen LogP contribution in [0, 0.1) is 0 Å². The lowest BCUT2D eigenvalue weighted by atomic mass is 10.3. The van der Waals surface area contributed by atoms with Crippen molar-refractivity contribution < 1.29 is 9.47 Å². The second-order valence-corrected chi connectivity index (χ2v) is 4.04. The van der Waals surface area contributed by atoms with E-state index in [1.807, 2.05) is 0 Å². The van der Waals surface area contributed by atoms with E-state index in [4.69, 9.17) is 32.7 Å². The van der Waals surface area contributed by atoms with E-state index in [9.17, 15) is 0 Å². The van der Waals surface area contributed by atoms with E-state index >= 15 is 0 Å². The van der Waals surface area contributed by atoms with Crippen LogP contribution in [0.25, 0.3) is 0 Å². The highest BCUT2D eigenvalue weighted by Crippen LogP contribution is 2.25. The zero-order chi connectivity index (χ0) is 10.7. The van der Waals surface area contributed by atoms with Gasteiger partial charge in [0.25, 0.3) is 0 Å². The molecule has 82 valence electrons. The van der Waals surface area contributed by atoms with Crippen LogP contribution in [0.1, 0.15) is 12.0 Å². The lowest BCUT2D eigenvalue weighted by molar-refractivity contribution is 0.138. The van der Waals surface area contributed by atoms with Gasteiger partial charge in [0.05, 0.1) is 13.2 Å². The number of hydrogen-bond acceptors (Lipinski definition) is 3. The van der Waals surface area contributed by atoms with Crippen LogP contribution in [0.15, 0.2) is 12.3 Å². The van der Waals surface area contributed by atoms with Crippen LogP contribution in [0.4, 0.5) is 0 Å². The number of ether oxygens (including phenoxy) is 2. The zero-order valence-electron chi connectivity index (χ0n) is 8.08. The Morgan fingerprint density at radius 1 is 1.60 bits per heavy atom. The number of hydrogen-bond donors (Lipinski definition) is 0. The number of halogens is 2. The van der Waals surface area contributed by atoms with Gasteiger partial charge in [0.1, 0.15) is 11.1 Å². The number of pyridine rings is 1. The van der Waals surface area contributed by atoms with E-state index in [1.54, 1.807) is 12.3 Å². The lowest BCUT2D eigenvalue weighted by Gasteiger charge is -2.12. The minimum atomic E-state index is 0.0665. The topological polar surface area (TPSA) is 31.4 Å². The monoisotopic (exact) mass is 247 g/mol. The van der Waals surface area contributed by atoms with Crippen molar-refractivity contribution in [2.24, 2.45) is 0 Å². The Kier molecular flexibility index (Phi) is 3.67. The fourth-order valence-corrected chi connectivity index (χ4v) is 1.77. The van der Waals surface area contributed by atoms with Gasteiger partial charge in [-0.1, -0.05) is 11.6 Å². The third kappa shape index (κ3) is 2.74. The molecule has 1 atom stereocenters. The smallest absolute Gasteiger partial charge is 0.232 e. The minimum Gasteiger partial charge on any atom is -0.471 e. The summed E-state index contributed by atoms with van der Waals surface area (Å²) in [6.07, 6.45) is 2.62. The highest BCUT2D eigenvalue weighted by atomic mass is 35.5.